The molecule has 2 aromatic carbocycles. The van der Waals surface area contributed by atoms with Gasteiger partial charge < -0.3 is 45.9 Å². The van der Waals surface area contributed by atoms with Gasteiger partial charge in [0.15, 0.2) is 0 Å². The van der Waals surface area contributed by atoms with Crippen molar-refractivity contribution in [1.29, 1.82) is 0 Å². The first-order valence-corrected chi connectivity index (χ1v) is 19.8. The number of rotatable bonds is 22. The molecule has 0 spiro atoms. The van der Waals surface area contributed by atoms with E-state index in [2.05, 4.69) is 33.0 Å². The zero-order valence-electron chi connectivity index (χ0n) is 35.3. The quantitative estimate of drug-likeness (QED) is 0.0217. The number of unbranched alkanes of at least 4 members (excludes halogenated alkanes) is 2. The number of nitrogens with one attached hydrogen (secondary N) is 2. The van der Waals surface area contributed by atoms with Gasteiger partial charge in [-0.1, -0.05) is 18.7 Å². The number of hydrogen-bond donors (Lipinski definition) is 5. The number of nitrogens with zero attached hydrogens (tertiary/aromatic N) is 6. The molecule has 3 amide bonds. The summed E-state index contributed by atoms with van der Waals surface area (Å²) in [4.78, 5) is 70.6. The van der Waals surface area contributed by atoms with Gasteiger partial charge in [-0.2, -0.15) is 5.10 Å². The maximum absolute atomic E-state index is 13.6. The number of hydrogen-bond acceptors (Lipinski definition) is 13. The third kappa shape index (κ3) is 12.0. The lowest BCUT2D eigenvalue weighted by Gasteiger charge is -2.13. The summed E-state index contributed by atoms with van der Waals surface area (Å²) in [6.07, 6.45) is 7.22. The van der Waals surface area contributed by atoms with E-state index >= 15 is 0 Å². The molecule has 0 saturated heterocycles. The molecule has 0 aliphatic rings. The number of nitrogens with two attached hydrogens (primary N) is 3. The second kappa shape index (κ2) is 22.4. The number of carbonyl (C=O) groups excluding carboxylic acids is 5. The number of methoxy groups -OCH3 is 1. The molecule has 5 rings (SSSR count). The van der Waals surface area contributed by atoms with Crippen LogP contribution in [0.1, 0.15) is 82.8 Å². The Morgan fingerprint density at radius 2 is 1.61 bits per heavy atom. The fourth-order valence-corrected chi connectivity index (χ4v) is 6.35. The number of amides is 3. The van der Waals surface area contributed by atoms with Gasteiger partial charge in [-0.25, -0.2) is 14.8 Å². The molecule has 0 radical (unpaired) electrons. The Labute approximate surface area is 353 Å². The third-order valence-electron chi connectivity index (χ3n) is 9.24. The van der Waals surface area contributed by atoms with E-state index in [1.165, 1.54) is 26.3 Å². The number of imidazole rings is 2. The maximum Gasteiger partial charge on any atom is 0.333 e. The van der Waals surface area contributed by atoms with Crippen molar-refractivity contribution >= 4 is 63.9 Å². The number of primary amides is 1. The van der Waals surface area contributed by atoms with Gasteiger partial charge in [-0.3, -0.25) is 29.2 Å². The molecule has 61 heavy (non-hydrogen) atoms. The number of anilines is 2. The summed E-state index contributed by atoms with van der Waals surface area (Å²) in [5, 5.41) is 10.2. The van der Waals surface area contributed by atoms with E-state index in [-0.39, 0.29) is 49.7 Å². The fraction of sp³-hybridized carbons (Fsp3) is 0.381. The van der Waals surface area contributed by atoms with E-state index in [9.17, 15) is 24.0 Å². The third-order valence-corrected chi connectivity index (χ3v) is 9.24. The molecule has 0 saturated carbocycles. The molecule has 0 fully saturated rings. The predicted octanol–water partition coefficient (Wildman–Crippen LogP) is 4.06. The minimum atomic E-state index is -0.693. The largest absolute Gasteiger partial charge is 0.494 e. The van der Waals surface area contributed by atoms with Crippen LogP contribution in [0.2, 0.25) is 0 Å². The SMILES string of the molecule is C=C(C)C(=O)OCCCCCC(=O)NCCCOc1cc(C(N)=O)cc2nc(NC(=O)c3cc(C)nn3CC)n(C/C=C/Cn3c(N)nc4cc(C=O)cc(OC)c43)c12.CN. The molecule has 19 nitrogen and oxygen atoms in total. The van der Waals surface area contributed by atoms with Crippen molar-refractivity contribution in [3.63, 3.8) is 0 Å². The van der Waals surface area contributed by atoms with E-state index in [0.717, 1.165) is 6.42 Å². The van der Waals surface area contributed by atoms with Gasteiger partial charge in [-0.15, -0.1) is 0 Å². The molecule has 8 N–H and O–H groups in total. The van der Waals surface area contributed by atoms with Crippen LogP contribution in [0.5, 0.6) is 11.5 Å². The summed E-state index contributed by atoms with van der Waals surface area (Å²) in [7, 11) is 3.00. The van der Waals surface area contributed by atoms with Crippen molar-refractivity contribution in [3.8, 4) is 11.5 Å². The van der Waals surface area contributed by atoms with Crippen LogP contribution in [-0.4, -0.2) is 92.8 Å². The van der Waals surface area contributed by atoms with Crippen LogP contribution in [0.25, 0.3) is 22.1 Å². The normalized spacial score (nSPS) is 11.0. The van der Waals surface area contributed by atoms with Crippen LogP contribution in [-0.2, 0) is 34.0 Å². The van der Waals surface area contributed by atoms with E-state index in [1.54, 1.807) is 45.9 Å². The van der Waals surface area contributed by atoms with Crippen molar-refractivity contribution in [2.75, 3.05) is 45.0 Å². The van der Waals surface area contributed by atoms with E-state index in [0.29, 0.717) is 101 Å². The van der Waals surface area contributed by atoms with Gasteiger partial charge >= 0.3 is 5.97 Å². The first-order chi connectivity index (χ1) is 29.3. The zero-order chi connectivity index (χ0) is 44.6. The Bertz CT molecular complexity index is 2410. The van der Waals surface area contributed by atoms with Crippen LogP contribution in [0.15, 0.2) is 54.6 Å². The fourth-order valence-electron chi connectivity index (χ4n) is 6.35. The number of nitrogen functional groups attached to an aromatic ring is 1. The van der Waals surface area contributed by atoms with Crippen molar-refractivity contribution in [2.24, 2.45) is 11.5 Å². The monoisotopic (exact) mass is 841 g/mol. The first-order valence-electron chi connectivity index (χ1n) is 19.8. The average Bonchev–Trinajstić information content (AvgIpc) is 3.91. The van der Waals surface area contributed by atoms with Crippen molar-refractivity contribution in [3.05, 3.63) is 77.2 Å². The Morgan fingerprint density at radius 1 is 0.902 bits per heavy atom. The number of fused-ring (bicyclic) bond motifs is 2. The number of carbonyl (C=O) groups is 5. The summed E-state index contributed by atoms with van der Waals surface area (Å²) < 4.78 is 21.9. The van der Waals surface area contributed by atoms with Crippen molar-refractivity contribution < 1.29 is 38.2 Å². The van der Waals surface area contributed by atoms with Gasteiger partial charge in [0.1, 0.15) is 34.5 Å². The minimum absolute atomic E-state index is 0.110. The predicted molar refractivity (Wildman–Crippen MR) is 232 cm³/mol. The second-order valence-electron chi connectivity index (χ2n) is 13.7. The van der Waals surface area contributed by atoms with Crippen molar-refractivity contribution in [2.45, 2.75) is 72.5 Å². The van der Waals surface area contributed by atoms with Gasteiger partial charge in [-0.05, 0) is 83.8 Å². The summed E-state index contributed by atoms with van der Waals surface area (Å²) in [5.74, 6) is -0.524. The second-order valence-corrected chi connectivity index (χ2v) is 13.7. The lowest BCUT2D eigenvalue weighted by molar-refractivity contribution is -0.139. The van der Waals surface area contributed by atoms with E-state index in [4.69, 9.17) is 30.7 Å². The highest BCUT2D eigenvalue weighted by Gasteiger charge is 2.22. The Morgan fingerprint density at radius 3 is 2.28 bits per heavy atom. The molecule has 0 aliphatic heterocycles. The summed E-state index contributed by atoms with van der Waals surface area (Å²) >= 11 is 0. The van der Waals surface area contributed by atoms with Gasteiger partial charge in [0.2, 0.25) is 23.7 Å². The molecule has 0 atom stereocenters. The van der Waals surface area contributed by atoms with Crippen LogP contribution < -0.4 is 37.3 Å². The molecule has 5 aromatic rings. The van der Waals surface area contributed by atoms with Crippen LogP contribution >= 0.6 is 0 Å². The molecular weight excluding hydrogens is 787 g/mol. The number of allylic oxidation sites excluding steroid dienone is 2. The van der Waals surface area contributed by atoms with Crippen LogP contribution in [0.4, 0.5) is 11.9 Å². The van der Waals surface area contributed by atoms with Gasteiger partial charge in [0, 0.05) is 49.3 Å². The molecule has 0 aliphatic carbocycles. The number of esters is 1. The number of aldehydes is 1. The lowest BCUT2D eigenvalue weighted by atomic mass is 10.1. The molecule has 0 unspecified atom stereocenters. The molecular formula is C42H55N11O8. The number of ether oxygens (including phenoxy) is 3. The highest BCUT2D eigenvalue weighted by molar-refractivity contribution is 6.04. The Kier molecular flexibility index (Phi) is 17.1. The molecule has 3 aromatic heterocycles. The number of aryl methyl sites for hydroxylation is 2. The smallest absolute Gasteiger partial charge is 0.333 e. The number of aromatic nitrogens is 6. The van der Waals surface area contributed by atoms with Crippen molar-refractivity contribution in [1.82, 2.24) is 34.2 Å². The molecule has 3 heterocycles. The Balaban J connectivity index is 0.00000403. The minimum Gasteiger partial charge on any atom is -0.494 e. The zero-order valence-corrected chi connectivity index (χ0v) is 35.3. The van der Waals surface area contributed by atoms with Gasteiger partial charge in [0.05, 0.1) is 37.1 Å². The Hall–Kier alpha value is -7.02. The van der Waals surface area contributed by atoms with E-state index < -0.39 is 17.8 Å². The van der Waals surface area contributed by atoms with Crippen LogP contribution in [0, 0.1) is 6.92 Å². The van der Waals surface area contributed by atoms with Gasteiger partial charge in [0.25, 0.3) is 5.91 Å². The maximum atomic E-state index is 13.6. The molecule has 326 valence electrons. The molecule has 0 bridgehead atoms. The topological polar surface area (TPSA) is 269 Å². The summed E-state index contributed by atoms with van der Waals surface area (Å²) in [6, 6.07) is 7.98. The number of benzene rings is 2. The lowest BCUT2D eigenvalue weighted by Crippen LogP contribution is -2.25. The highest BCUT2D eigenvalue weighted by Crippen LogP contribution is 2.32. The average molecular weight is 842 g/mol. The van der Waals surface area contributed by atoms with E-state index in [1.807, 2.05) is 19.1 Å². The highest BCUT2D eigenvalue weighted by atomic mass is 16.5. The van der Waals surface area contributed by atoms with Crippen LogP contribution in [0.3, 0.4) is 0 Å². The first kappa shape index (κ1) is 46.7. The molecule has 19 heteroatoms. The summed E-state index contributed by atoms with van der Waals surface area (Å²) in [5.41, 5.74) is 20.4. The summed E-state index contributed by atoms with van der Waals surface area (Å²) in [6.45, 7) is 10.6. The standard InChI is InChI=1S/C41H50N10O8.CH5N/c1-6-51-31(19-26(4)48-51)38(55)47-41-46-30-22-28(37(42)54)23-33(58-18-12-14-44-34(53)13-8-7-11-17-59-39(56)25(2)3)36(30)50(41)16-10-9-15-49-35-29(45-40(49)43)20-27(24-52)21-32(35)57-5;1-2/h9-10,19-24H,2,6-8,11-18H2,1,3-5H3,(H2,42,54)(H2,43,45)(H,44,53)(H,46,47,55);2H2,1H3/b10-9+;.